The van der Waals surface area contributed by atoms with E-state index in [-0.39, 0.29) is 57.2 Å². The second-order valence-electron chi connectivity index (χ2n) is 8.99. The number of amides is 3. The highest BCUT2D eigenvalue weighted by Crippen LogP contribution is 2.20. The van der Waals surface area contributed by atoms with E-state index in [9.17, 15) is 24.3 Å². The number of ether oxygens (including phenoxy) is 1. The van der Waals surface area contributed by atoms with Crippen LogP contribution in [-0.2, 0) is 14.3 Å². The van der Waals surface area contributed by atoms with Crippen LogP contribution in [0.3, 0.4) is 0 Å². The number of hydrogen-bond donors (Lipinski definition) is 2. The molecule has 2 heterocycles. The largest absolute Gasteiger partial charge is 0.481 e. The summed E-state index contributed by atoms with van der Waals surface area (Å²) < 4.78 is 5.01. The number of aromatic nitrogens is 2. The molecule has 11 heteroatoms. The summed E-state index contributed by atoms with van der Waals surface area (Å²) in [5.41, 5.74) is 1.51. The van der Waals surface area contributed by atoms with Crippen LogP contribution in [0.15, 0.2) is 36.4 Å². The minimum Gasteiger partial charge on any atom is -0.481 e. The molecular weight excluding hydrogens is 478 g/mol. The van der Waals surface area contributed by atoms with Crippen LogP contribution in [-0.4, -0.2) is 87.6 Å². The van der Waals surface area contributed by atoms with Crippen LogP contribution in [0.4, 0.5) is 4.79 Å². The smallest absolute Gasteiger partial charge is 0.409 e. The van der Waals surface area contributed by atoms with Gasteiger partial charge in [0.25, 0.3) is 5.91 Å². The Morgan fingerprint density at radius 2 is 1.68 bits per heavy atom. The molecule has 1 saturated heterocycles. The summed E-state index contributed by atoms with van der Waals surface area (Å²) in [6.45, 7) is 6.96. The Balaban J connectivity index is 1.79. The van der Waals surface area contributed by atoms with Crippen molar-refractivity contribution in [2.24, 2.45) is 0 Å². The van der Waals surface area contributed by atoms with Gasteiger partial charge >= 0.3 is 12.1 Å². The fourth-order valence-electron chi connectivity index (χ4n) is 3.90. The Kier molecular flexibility index (Phi) is 9.53. The van der Waals surface area contributed by atoms with Gasteiger partial charge in [-0.15, -0.1) is 0 Å². The van der Waals surface area contributed by atoms with Gasteiger partial charge in [0.05, 0.1) is 6.61 Å². The van der Waals surface area contributed by atoms with E-state index in [2.05, 4.69) is 15.3 Å². The molecule has 0 spiro atoms. The molecule has 1 aromatic carbocycles. The molecule has 0 bridgehead atoms. The molecule has 1 aromatic heterocycles. The number of carboxylic acid groups (broad SMARTS) is 1. The quantitative estimate of drug-likeness (QED) is 0.523. The standard InChI is InChI=1S/C26H33N5O6/c1-4-37-26(36)31-14-12-30(13-15-31)25(35)19(10-11-22(32)33)29-24(34)21-16-20(17(2)3)27-23(28-21)18-8-6-5-7-9-18/h5-9,16-17,19H,4,10-15H2,1-3H3,(H,29,34)(H,32,33)/t19-/m0/s1. The lowest BCUT2D eigenvalue weighted by Crippen LogP contribution is -2.56. The number of benzene rings is 1. The lowest BCUT2D eigenvalue weighted by molar-refractivity contribution is -0.138. The second-order valence-corrected chi connectivity index (χ2v) is 8.99. The van der Waals surface area contributed by atoms with Crippen LogP contribution in [0.2, 0.25) is 0 Å². The van der Waals surface area contributed by atoms with Crippen molar-refractivity contribution in [2.45, 2.75) is 45.6 Å². The van der Waals surface area contributed by atoms with E-state index in [4.69, 9.17) is 4.74 Å². The van der Waals surface area contributed by atoms with Crippen LogP contribution in [0.25, 0.3) is 11.4 Å². The van der Waals surface area contributed by atoms with Gasteiger partial charge in [0.2, 0.25) is 5.91 Å². The molecule has 1 fully saturated rings. The number of carboxylic acids is 1. The van der Waals surface area contributed by atoms with Crippen molar-refractivity contribution >= 4 is 23.9 Å². The fraction of sp³-hybridized carbons (Fsp3) is 0.462. The molecular formula is C26H33N5O6. The van der Waals surface area contributed by atoms with E-state index in [1.807, 2.05) is 44.2 Å². The minimum absolute atomic E-state index is 0.0251. The van der Waals surface area contributed by atoms with Gasteiger partial charge in [0.15, 0.2) is 5.82 Å². The third-order valence-corrected chi connectivity index (χ3v) is 5.97. The normalized spacial score (nSPS) is 14.3. The first-order valence-electron chi connectivity index (χ1n) is 12.4. The van der Waals surface area contributed by atoms with Gasteiger partial charge in [-0.05, 0) is 25.3 Å². The van der Waals surface area contributed by atoms with E-state index >= 15 is 0 Å². The fourth-order valence-corrected chi connectivity index (χ4v) is 3.90. The van der Waals surface area contributed by atoms with Crippen LogP contribution in [0.1, 0.15) is 55.7 Å². The number of nitrogens with one attached hydrogen (secondary N) is 1. The van der Waals surface area contributed by atoms with E-state index < -0.39 is 29.9 Å². The van der Waals surface area contributed by atoms with Crippen LogP contribution >= 0.6 is 0 Å². The molecule has 3 rings (SSSR count). The maximum Gasteiger partial charge on any atom is 0.409 e. The predicted molar refractivity (Wildman–Crippen MR) is 135 cm³/mol. The molecule has 2 aromatic rings. The van der Waals surface area contributed by atoms with Crippen LogP contribution in [0, 0.1) is 0 Å². The molecule has 37 heavy (non-hydrogen) atoms. The summed E-state index contributed by atoms with van der Waals surface area (Å²) in [4.78, 5) is 61.8. The monoisotopic (exact) mass is 511 g/mol. The van der Waals surface area contributed by atoms with E-state index in [1.165, 1.54) is 9.80 Å². The highest BCUT2D eigenvalue weighted by Gasteiger charge is 2.31. The molecule has 3 amide bonds. The van der Waals surface area contributed by atoms with Gasteiger partial charge in [-0.3, -0.25) is 14.4 Å². The van der Waals surface area contributed by atoms with Crippen molar-refractivity contribution in [3.63, 3.8) is 0 Å². The number of hydrogen-bond acceptors (Lipinski definition) is 7. The second kappa shape index (κ2) is 12.8. The lowest BCUT2D eigenvalue weighted by Gasteiger charge is -2.35. The molecule has 2 N–H and O–H groups in total. The summed E-state index contributed by atoms with van der Waals surface area (Å²) in [5.74, 6) is -1.65. The average molecular weight is 512 g/mol. The molecule has 0 saturated carbocycles. The number of piperazine rings is 1. The number of carbonyl (C=O) groups is 4. The molecule has 0 aliphatic carbocycles. The number of rotatable bonds is 9. The average Bonchev–Trinajstić information content (AvgIpc) is 2.90. The van der Waals surface area contributed by atoms with Crippen molar-refractivity contribution < 1.29 is 29.0 Å². The Bertz CT molecular complexity index is 1120. The number of carbonyl (C=O) groups excluding carboxylic acids is 3. The molecule has 0 radical (unpaired) electrons. The van der Waals surface area contributed by atoms with Crippen LogP contribution in [0.5, 0.6) is 0 Å². The van der Waals surface area contributed by atoms with Gasteiger partial charge < -0.3 is 25.0 Å². The Hall–Kier alpha value is -4.02. The SMILES string of the molecule is CCOC(=O)N1CCN(C(=O)[C@H](CCC(=O)O)NC(=O)c2cc(C(C)C)nc(-c3ccccc3)n2)CC1. The van der Waals surface area contributed by atoms with Crippen molar-refractivity contribution in [1.29, 1.82) is 0 Å². The van der Waals surface area contributed by atoms with Gasteiger partial charge in [-0.1, -0.05) is 44.2 Å². The number of nitrogens with zero attached hydrogens (tertiary/aromatic N) is 4. The zero-order valence-corrected chi connectivity index (χ0v) is 21.3. The van der Waals surface area contributed by atoms with E-state index in [0.29, 0.717) is 11.5 Å². The van der Waals surface area contributed by atoms with E-state index in [0.717, 1.165) is 5.56 Å². The predicted octanol–water partition coefficient (Wildman–Crippen LogP) is 2.53. The highest BCUT2D eigenvalue weighted by molar-refractivity contribution is 5.96. The molecule has 1 aliphatic rings. The van der Waals surface area contributed by atoms with Gasteiger partial charge in [0, 0.05) is 43.9 Å². The van der Waals surface area contributed by atoms with E-state index in [1.54, 1.807) is 13.0 Å². The van der Waals surface area contributed by atoms with Crippen molar-refractivity contribution in [3.8, 4) is 11.4 Å². The first-order valence-corrected chi connectivity index (χ1v) is 12.4. The van der Waals surface area contributed by atoms with Crippen molar-refractivity contribution in [3.05, 3.63) is 47.8 Å². The maximum absolute atomic E-state index is 13.3. The minimum atomic E-state index is -1.07. The van der Waals surface area contributed by atoms with Crippen molar-refractivity contribution in [1.82, 2.24) is 25.1 Å². The summed E-state index contributed by atoms with van der Waals surface area (Å²) >= 11 is 0. The summed E-state index contributed by atoms with van der Waals surface area (Å²) in [6, 6.07) is 9.78. The Labute approximate surface area is 215 Å². The third kappa shape index (κ3) is 7.48. The summed E-state index contributed by atoms with van der Waals surface area (Å²) in [7, 11) is 0. The third-order valence-electron chi connectivity index (χ3n) is 5.97. The zero-order valence-electron chi connectivity index (χ0n) is 21.3. The van der Waals surface area contributed by atoms with Crippen LogP contribution < -0.4 is 5.32 Å². The topological polar surface area (TPSA) is 142 Å². The Morgan fingerprint density at radius 1 is 1.03 bits per heavy atom. The maximum atomic E-state index is 13.3. The van der Waals surface area contributed by atoms with Crippen molar-refractivity contribution in [2.75, 3.05) is 32.8 Å². The molecule has 0 unspecified atom stereocenters. The first-order chi connectivity index (χ1) is 17.7. The van der Waals surface area contributed by atoms with Gasteiger partial charge in [-0.25, -0.2) is 14.8 Å². The highest BCUT2D eigenvalue weighted by atomic mass is 16.6. The Morgan fingerprint density at radius 3 is 2.27 bits per heavy atom. The molecule has 1 aliphatic heterocycles. The first kappa shape index (κ1) is 27.6. The molecule has 11 nitrogen and oxygen atoms in total. The summed E-state index contributed by atoms with van der Waals surface area (Å²) in [6.07, 6.45) is -0.814. The summed E-state index contributed by atoms with van der Waals surface area (Å²) in [5, 5.41) is 11.9. The molecule has 198 valence electrons. The van der Waals surface area contributed by atoms with Gasteiger partial charge in [-0.2, -0.15) is 0 Å². The lowest BCUT2D eigenvalue weighted by atomic mass is 10.1. The van der Waals surface area contributed by atoms with Gasteiger partial charge in [0.1, 0.15) is 11.7 Å². The number of aliphatic carboxylic acids is 1. The zero-order chi connectivity index (χ0) is 26.9. The molecule has 1 atom stereocenters.